The second-order valence-corrected chi connectivity index (χ2v) is 3.47. The maximum atomic E-state index is 12.7. The minimum Gasteiger partial charge on any atom is -0.330 e. The van der Waals surface area contributed by atoms with Crippen LogP contribution in [0.4, 0.5) is 10.1 Å². The summed E-state index contributed by atoms with van der Waals surface area (Å²) in [4.78, 5) is 11.3. The first-order valence-corrected chi connectivity index (χ1v) is 4.96. The molecule has 0 saturated heterocycles. The van der Waals surface area contributed by atoms with Crippen LogP contribution in [0.2, 0.25) is 5.02 Å². The highest BCUT2D eigenvalue weighted by Crippen LogP contribution is 2.22. The highest BCUT2D eigenvalue weighted by molar-refractivity contribution is 6.33. The SMILES string of the molecule is NCCCC(=O)Nc1ccc(F)cc1Cl. The van der Waals surface area contributed by atoms with E-state index in [1.807, 2.05) is 0 Å². The molecule has 0 aliphatic carbocycles. The van der Waals surface area contributed by atoms with Crippen molar-refractivity contribution in [2.45, 2.75) is 12.8 Å². The molecule has 0 spiro atoms. The lowest BCUT2D eigenvalue weighted by atomic mass is 10.2. The summed E-state index contributed by atoms with van der Waals surface area (Å²) < 4.78 is 12.7. The van der Waals surface area contributed by atoms with Crippen LogP contribution in [0.5, 0.6) is 0 Å². The molecule has 1 rings (SSSR count). The third-order valence-electron chi connectivity index (χ3n) is 1.81. The van der Waals surface area contributed by atoms with Crippen LogP contribution in [0.1, 0.15) is 12.8 Å². The largest absolute Gasteiger partial charge is 0.330 e. The Morgan fingerprint density at radius 3 is 2.87 bits per heavy atom. The van der Waals surface area contributed by atoms with Crippen LogP contribution in [0, 0.1) is 5.82 Å². The molecule has 82 valence electrons. The average Bonchev–Trinajstić information content (AvgIpc) is 2.19. The van der Waals surface area contributed by atoms with Gasteiger partial charge in [0.25, 0.3) is 0 Å². The zero-order chi connectivity index (χ0) is 11.3. The monoisotopic (exact) mass is 230 g/mol. The molecule has 0 unspecified atom stereocenters. The van der Waals surface area contributed by atoms with Crippen LogP contribution in [0.25, 0.3) is 0 Å². The van der Waals surface area contributed by atoms with E-state index in [0.29, 0.717) is 25.1 Å². The first kappa shape index (κ1) is 11.9. The van der Waals surface area contributed by atoms with Gasteiger partial charge in [-0.1, -0.05) is 11.6 Å². The summed E-state index contributed by atoms with van der Waals surface area (Å²) in [5, 5.41) is 2.77. The molecular weight excluding hydrogens is 219 g/mol. The Kier molecular flexibility index (Phi) is 4.52. The molecule has 0 aromatic heterocycles. The molecule has 1 aromatic carbocycles. The predicted molar refractivity (Wildman–Crippen MR) is 58.3 cm³/mol. The van der Waals surface area contributed by atoms with E-state index < -0.39 is 5.82 Å². The van der Waals surface area contributed by atoms with E-state index in [9.17, 15) is 9.18 Å². The van der Waals surface area contributed by atoms with Gasteiger partial charge in [0.05, 0.1) is 10.7 Å². The van der Waals surface area contributed by atoms with Gasteiger partial charge >= 0.3 is 0 Å². The molecule has 1 amide bonds. The molecule has 0 bridgehead atoms. The standard InChI is InChI=1S/C10H12ClFN2O/c11-8-6-7(12)3-4-9(8)14-10(15)2-1-5-13/h3-4,6H,1-2,5,13H2,(H,14,15). The average molecular weight is 231 g/mol. The summed E-state index contributed by atoms with van der Waals surface area (Å²) in [5.74, 6) is -0.603. The Labute approximate surface area is 92.4 Å². The minimum absolute atomic E-state index is 0.172. The lowest BCUT2D eigenvalue weighted by molar-refractivity contribution is -0.116. The van der Waals surface area contributed by atoms with E-state index in [1.165, 1.54) is 12.1 Å². The van der Waals surface area contributed by atoms with E-state index in [0.717, 1.165) is 6.07 Å². The lowest BCUT2D eigenvalue weighted by Crippen LogP contribution is -2.13. The Bertz CT molecular complexity index is 357. The van der Waals surface area contributed by atoms with Crippen LogP contribution in [0.3, 0.4) is 0 Å². The van der Waals surface area contributed by atoms with Gasteiger partial charge in [-0.2, -0.15) is 0 Å². The number of amides is 1. The number of hydrogen-bond donors (Lipinski definition) is 2. The van der Waals surface area contributed by atoms with Crippen molar-refractivity contribution in [2.24, 2.45) is 5.73 Å². The molecule has 1 aromatic rings. The normalized spacial score (nSPS) is 10.1. The number of benzene rings is 1. The Morgan fingerprint density at radius 2 is 2.27 bits per heavy atom. The van der Waals surface area contributed by atoms with Gasteiger partial charge in [0.15, 0.2) is 0 Å². The van der Waals surface area contributed by atoms with Gasteiger partial charge in [0.2, 0.25) is 5.91 Å². The van der Waals surface area contributed by atoms with E-state index in [4.69, 9.17) is 17.3 Å². The topological polar surface area (TPSA) is 55.1 Å². The second kappa shape index (κ2) is 5.68. The molecule has 3 nitrogen and oxygen atoms in total. The molecule has 15 heavy (non-hydrogen) atoms. The molecule has 0 aliphatic heterocycles. The lowest BCUT2D eigenvalue weighted by Gasteiger charge is -2.06. The summed E-state index contributed by atoms with van der Waals surface area (Å²) in [5.41, 5.74) is 5.68. The number of nitrogens with two attached hydrogens (primary N) is 1. The first-order chi connectivity index (χ1) is 7.13. The highest BCUT2D eigenvalue weighted by Gasteiger charge is 2.05. The van der Waals surface area contributed by atoms with Gasteiger partial charge in [0, 0.05) is 6.42 Å². The van der Waals surface area contributed by atoms with Crippen molar-refractivity contribution >= 4 is 23.2 Å². The Morgan fingerprint density at radius 1 is 1.53 bits per heavy atom. The van der Waals surface area contributed by atoms with Crippen molar-refractivity contribution in [2.75, 3.05) is 11.9 Å². The predicted octanol–water partition coefficient (Wildman–Crippen LogP) is 2.16. The van der Waals surface area contributed by atoms with Crippen LogP contribution in [-0.4, -0.2) is 12.5 Å². The van der Waals surface area contributed by atoms with Gasteiger partial charge in [-0.25, -0.2) is 4.39 Å². The fraction of sp³-hybridized carbons (Fsp3) is 0.300. The van der Waals surface area contributed by atoms with E-state index in [1.54, 1.807) is 0 Å². The maximum absolute atomic E-state index is 12.7. The number of carbonyl (C=O) groups is 1. The third-order valence-corrected chi connectivity index (χ3v) is 2.13. The fourth-order valence-electron chi connectivity index (χ4n) is 1.07. The zero-order valence-electron chi connectivity index (χ0n) is 8.09. The number of rotatable bonds is 4. The van der Waals surface area contributed by atoms with Crippen LogP contribution in [-0.2, 0) is 4.79 Å². The molecule has 0 atom stereocenters. The Balaban J connectivity index is 2.60. The molecule has 0 fully saturated rings. The van der Waals surface area contributed by atoms with Gasteiger partial charge in [-0.05, 0) is 31.2 Å². The van der Waals surface area contributed by atoms with Crippen LogP contribution in [0.15, 0.2) is 18.2 Å². The molecule has 0 heterocycles. The van der Waals surface area contributed by atoms with Crippen LogP contribution < -0.4 is 11.1 Å². The molecule has 3 N–H and O–H groups in total. The molecule has 0 aliphatic rings. The number of anilines is 1. The quantitative estimate of drug-likeness (QED) is 0.833. The van der Waals surface area contributed by atoms with Crippen molar-refractivity contribution in [1.29, 1.82) is 0 Å². The molecule has 0 radical (unpaired) electrons. The van der Waals surface area contributed by atoms with Gasteiger partial charge < -0.3 is 11.1 Å². The van der Waals surface area contributed by atoms with E-state index in [2.05, 4.69) is 5.32 Å². The number of carbonyl (C=O) groups excluding carboxylic acids is 1. The summed E-state index contributed by atoms with van der Waals surface area (Å²) >= 11 is 5.73. The van der Waals surface area contributed by atoms with E-state index in [-0.39, 0.29) is 10.9 Å². The molecule has 0 saturated carbocycles. The molecular formula is C10H12ClFN2O. The number of hydrogen-bond acceptors (Lipinski definition) is 2. The highest BCUT2D eigenvalue weighted by atomic mass is 35.5. The summed E-state index contributed by atoms with van der Waals surface area (Å²) in [6.45, 7) is 0.463. The summed E-state index contributed by atoms with van der Waals surface area (Å²) in [6, 6.07) is 3.82. The number of nitrogens with one attached hydrogen (secondary N) is 1. The smallest absolute Gasteiger partial charge is 0.224 e. The van der Waals surface area contributed by atoms with Crippen LogP contribution >= 0.6 is 11.6 Å². The van der Waals surface area contributed by atoms with Gasteiger partial charge in [0.1, 0.15) is 5.82 Å². The van der Waals surface area contributed by atoms with Crippen molar-refractivity contribution in [3.63, 3.8) is 0 Å². The minimum atomic E-state index is -0.431. The van der Waals surface area contributed by atoms with Gasteiger partial charge in [-0.3, -0.25) is 4.79 Å². The van der Waals surface area contributed by atoms with Crippen molar-refractivity contribution in [1.82, 2.24) is 0 Å². The molecule has 5 heteroatoms. The first-order valence-electron chi connectivity index (χ1n) is 4.58. The second-order valence-electron chi connectivity index (χ2n) is 3.06. The van der Waals surface area contributed by atoms with Crippen molar-refractivity contribution in [3.8, 4) is 0 Å². The third kappa shape index (κ3) is 3.85. The van der Waals surface area contributed by atoms with Crippen molar-refractivity contribution in [3.05, 3.63) is 29.0 Å². The summed E-state index contributed by atoms with van der Waals surface area (Å²) in [6.07, 6.45) is 0.953. The Hall–Kier alpha value is -1.13. The maximum Gasteiger partial charge on any atom is 0.224 e. The number of halogens is 2. The fourth-order valence-corrected chi connectivity index (χ4v) is 1.28. The van der Waals surface area contributed by atoms with Crippen molar-refractivity contribution < 1.29 is 9.18 Å². The van der Waals surface area contributed by atoms with E-state index >= 15 is 0 Å². The summed E-state index contributed by atoms with van der Waals surface area (Å²) in [7, 11) is 0. The van der Waals surface area contributed by atoms with Gasteiger partial charge in [-0.15, -0.1) is 0 Å². The zero-order valence-corrected chi connectivity index (χ0v) is 8.85.